The second-order valence-corrected chi connectivity index (χ2v) is 6.02. The molecule has 7 heteroatoms. The number of benzene rings is 1. The number of carbonyl (C=O) groups is 1. The van der Waals surface area contributed by atoms with Crippen molar-refractivity contribution >= 4 is 35.1 Å². The Morgan fingerprint density at radius 1 is 1.30 bits per heavy atom. The molecule has 0 saturated carbocycles. The second-order valence-electron chi connectivity index (χ2n) is 5.20. The van der Waals surface area contributed by atoms with E-state index in [9.17, 15) is 4.79 Å². The second kappa shape index (κ2) is 9.43. The molecule has 0 spiro atoms. The van der Waals surface area contributed by atoms with Crippen LogP contribution in [0.4, 0.5) is 0 Å². The van der Waals surface area contributed by atoms with Crippen LogP contribution in [0.3, 0.4) is 0 Å². The molecular formula is C16H22Cl2N4O. The van der Waals surface area contributed by atoms with E-state index in [2.05, 4.69) is 16.9 Å². The largest absolute Gasteiger partial charge is 0.353 e. The van der Waals surface area contributed by atoms with E-state index in [0.29, 0.717) is 29.1 Å². The number of aliphatic imine (C=N–C) groups is 1. The minimum Gasteiger partial charge on any atom is -0.353 e. The van der Waals surface area contributed by atoms with Crippen molar-refractivity contribution in [3.63, 3.8) is 0 Å². The van der Waals surface area contributed by atoms with Crippen molar-refractivity contribution in [3.05, 3.63) is 46.5 Å². The highest BCUT2D eigenvalue weighted by Crippen LogP contribution is 2.23. The first-order valence-corrected chi connectivity index (χ1v) is 7.85. The standard InChI is InChI=1S/C16H22Cl2N4O/c1-5-8-19-16(20-10-15(23)21(2)3)22(4)11-12-6-7-13(17)14(18)9-12/h5-7,9H,1,8,10-11H2,2-4H3,(H,19,20). The van der Waals surface area contributed by atoms with Gasteiger partial charge in [0.2, 0.25) is 5.91 Å². The number of nitrogens with one attached hydrogen (secondary N) is 1. The van der Waals surface area contributed by atoms with Crippen molar-refractivity contribution in [3.8, 4) is 0 Å². The van der Waals surface area contributed by atoms with Gasteiger partial charge in [0.1, 0.15) is 6.54 Å². The summed E-state index contributed by atoms with van der Waals surface area (Å²) in [5, 5.41) is 4.17. The molecule has 1 rings (SSSR count). The summed E-state index contributed by atoms with van der Waals surface area (Å²) in [6, 6.07) is 5.48. The fraction of sp³-hybridized carbons (Fsp3) is 0.375. The monoisotopic (exact) mass is 356 g/mol. The third-order valence-corrected chi connectivity index (χ3v) is 3.77. The lowest BCUT2D eigenvalue weighted by Crippen LogP contribution is -2.39. The quantitative estimate of drug-likeness (QED) is 0.484. The molecule has 0 bridgehead atoms. The number of guanidine groups is 1. The van der Waals surface area contributed by atoms with Gasteiger partial charge in [0.25, 0.3) is 0 Å². The van der Waals surface area contributed by atoms with E-state index >= 15 is 0 Å². The molecule has 0 saturated heterocycles. The molecule has 0 fully saturated rings. The fourth-order valence-corrected chi connectivity index (χ4v) is 2.07. The van der Waals surface area contributed by atoms with Gasteiger partial charge in [0.05, 0.1) is 10.0 Å². The van der Waals surface area contributed by atoms with Gasteiger partial charge in [-0.25, -0.2) is 4.99 Å². The molecule has 0 radical (unpaired) electrons. The predicted molar refractivity (Wildman–Crippen MR) is 97.1 cm³/mol. The summed E-state index contributed by atoms with van der Waals surface area (Å²) in [5.41, 5.74) is 0.994. The molecule has 1 aromatic rings. The van der Waals surface area contributed by atoms with E-state index in [1.807, 2.05) is 24.1 Å². The maximum Gasteiger partial charge on any atom is 0.243 e. The Labute approximate surface area is 147 Å². The summed E-state index contributed by atoms with van der Waals surface area (Å²) in [4.78, 5) is 19.5. The molecule has 0 heterocycles. The van der Waals surface area contributed by atoms with E-state index in [1.165, 1.54) is 4.90 Å². The number of halogens is 2. The summed E-state index contributed by atoms with van der Waals surface area (Å²) in [5.74, 6) is 0.553. The van der Waals surface area contributed by atoms with E-state index in [1.54, 1.807) is 26.2 Å². The lowest BCUT2D eigenvalue weighted by atomic mass is 10.2. The Hall–Kier alpha value is -1.72. The van der Waals surface area contributed by atoms with Crippen LogP contribution in [0.15, 0.2) is 35.8 Å². The zero-order valence-corrected chi connectivity index (χ0v) is 15.2. The van der Waals surface area contributed by atoms with Gasteiger partial charge in [-0.1, -0.05) is 35.3 Å². The van der Waals surface area contributed by atoms with E-state index < -0.39 is 0 Å². The normalized spacial score (nSPS) is 11.1. The van der Waals surface area contributed by atoms with Gasteiger partial charge in [-0.15, -0.1) is 6.58 Å². The number of hydrogen-bond acceptors (Lipinski definition) is 2. The SMILES string of the molecule is C=CCNC(=NCC(=O)N(C)C)N(C)Cc1ccc(Cl)c(Cl)c1. The molecule has 0 aromatic heterocycles. The average molecular weight is 357 g/mol. The van der Waals surface area contributed by atoms with Crippen molar-refractivity contribution in [1.82, 2.24) is 15.1 Å². The minimum absolute atomic E-state index is 0.0640. The highest BCUT2D eigenvalue weighted by Gasteiger charge is 2.10. The number of carbonyl (C=O) groups excluding carboxylic acids is 1. The summed E-state index contributed by atoms with van der Waals surface area (Å²) in [6.45, 7) is 4.89. The molecule has 0 aliphatic rings. The average Bonchev–Trinajstić information content (AvgIpc) is 2.50. The van der Waals surface area contributed by atoms with Gasteiger partial charge in [0.15, 0.2) is 5.96 Å². The van der Waals surface area contributed by atoms with Gasteiger partial charge in [0, 0.05) is 34.2 Å². The number of hydrogen-bond donors (Lipinski definition) is 1. The van der Waals surface area contributed by atoms with Crippen LogP contribution < -0.4 is 5.32 Å². The number of likely N-dealkylation sites (N-methyl/N-ethyl adjacent to an activating group) is 1. The highest BCUT2D eigenvalue weighted by molar-refractivity contribution is 6.42. The maximum atomic E-state index is 11.7. The summed E-state index contributed by atoms with van der Waals surface area (Å²) < 4.78 is 0. The van der Waals surface area contributed by atoms with Gasteiger partial charge >= 0.3 is 0 Å². The van der Waals surface area contributed by atoms with Gasteiger partial charge < -0.3 is 15.1 Å². The molecule has 0 aliphatic heterocycles. The van der Waals surface area contributed by atoms with Crippen LogP contribution in [0.25, 0.3) is 0 Å². The van der Waals surface area contributed by atoms with Crippen LogP contribution in [0, 0.1) is 0 Å². The molecule has 1 aromatic carbocycles. The molecular weight excluding hydrogens is 335 g/mol. The minimum atomic E-state index is -0.0640. The summed E-state index contributed by atoms with van der Waals surface area (Å²) in [6.07, 6.45) is 1.73. The highest BCUT2D eigenvalue weighted by atomic mass is 35.5. The van der Waals surface area contributed by atoms with Crippen LogP contribution in [0.5, 0.6) is 0 Å². The fourth-order valence-electron chi connectivity index (χ4n) is 1.75. The Kier molecular flexibility index (Phi) is 7.92. The zero-order valence-electron chi connectivity index (χ0n) is 13.6. The van der Waals surface area contributed by atoms with Crippen molar-refractivity contribution in [1.29, 1.82) is 0 Å². The molecule has 1 N–H and O–H groups in total. The van der Waals surface area contributed by atoms with Crippen molar-refractivity contribution in [2.45, 2.75) is 6.54 Å². The number of amides is 1. The molecule has 0 atom stereocenters. The summed E-state index contributed by atoms with van der Waals surface area (Å²) >= 11 is 12.0. The van der Waals surface area contributed by atoms with Crippen molar-refractivity contribution in [2.24, 2.45) is 4.99 Å². The predicted octanol–water partition coefficient (Wildman–Crippen LogP) is 2.65. The Balaban J connectivity index is 2.83. The lowest BCUT2D eigenvalue weighted by molar-refractivity contribution is -0.127. The molecule has 1 amide bonds. The van der Waals surface area contributed by atoms with E-state index in [0.717, 1.165) is 5.56 Å². The Morgan fingerprint density at radius 2 is 2.00 bits per heavy atom. The van der Waals surface area contributed by atoms with Gasteiger partial charge in [-0.3, -0.25) is 4.79 Å². The maximum absolute atomic E-state index is 11.7. The van der Waals surface area contributed by atoms with Crippen LogP contribution in [-0.2, 0) is 11.3 Å². The van der Waals surface area contributed by atoms with Gasteiger partial charge in [-0.2, -0.15) is 0 Å². The molecule has 126 valence electrons. The lowest BCUT2D eigenvalue weighted by Gasteiger charge is -2.22. The molecule has 5 nitrogen and oxygen atoms in total. The number of nitrogens with zero attached hydrogens (tertiary/aromatic N) is 3. The number of rotatable bonds is 6. The van der Waals surface area contributed by atoms with E-state index in [-0.39, 0.29) is 12.5 Å². The van der Waals surface area contributed by atoms with Crippen molar-refractivity contribution < 1.29 is 4.79 Å². The first kappa shape index (κ1) is 19.3. The zero-order chi connectivity index (χ0) is 17.4. The Bertz CT molecular complexity index is 587. The first-order valence-electron chi connectivity index (χ1n) is 7.09. The first-order chi connectivity index (χ1) is 10.8. The van der Waals surface area contributed by atoms with Crippen LogP contribution in [0.2, 0.25) is 10.0 Å². The molecule has 0 aliphatic carbocycles. The molecule has 23 heavy (non-hydrogen) atoms. The third kappa shape index (κ3) is 6.50. The van der Waals surface area contributed by atoms with Crippen LogP contribution in [0.1, 0.15) is 5.56 Å². The third-order valence-electron chi connectivity index (χ3n) is 3.03. The molecule has 0 unspecified atom stereocenters. The van der Waals surface area contributed by atoms with E-state index in [4.69, 9.17) is 23.2 Å². The smallest absolute Gasteiger partial charge is 0.243 e. The summed E-state index contributed by atoms with van der Waals surface area (Å²) in [7, 11) is 5.29. The topological polar surface area (TPSA) is 47.9 Å². The van der Waals surface area contributed by atoms with Crippen molar-refractivity contribution in [2.75, 3.05) is 34.2 Å². The van der Waals surface area contributed by atoms with Crippen LogP contribution >= 0.6 is 23.2 Å². The van der Waals surface area contributed by atoms with Gasteiger partial charge in [-0.05, 0) is 17.7 Å². The Morgan fingerprint density at radius 3 is 2.57 bits per heavy atom. The van der Waals surface area contributed by atoms with Crippen LogP contribution in [-0.4, -0.2) is 55.9 Å².